The van der Waals surface area contributed by atoms with Crippen molar-refractivity contribution in [3.8, 4) is 11.6 Å². The van der Waals surface area contributed by atoms with E-state index in [2.05, 4.69) is 19.9 Å². The van der Waals surface area contributed by atoms with Crippen molar-refractivity contribution in [2.45, 2.75) is 6.61 Å². The fraction of sp³-hybridized carbons (Fsp3) is 0.0833. The summed E-state index contributed by atoms with van der Waals surface area (Å²) in [5.74, 6) is 0.671. The van der Waals surface area contributed by atoms with Crippen LogP contribution in [0, 0.1) is 0 Å². The lowest BCUT2D eigenvalue weighted by Crippen LogP contribution is -1.98. The van der Waals surface area contributed by atoms with Gasteiger partial charge in [-0.05, 0) is 17.7 Å². The van der Waals surface area contributed by atoms with E-state index in [1.165, 1.54) is 6.33 Å². The molecule has 6 nitrogen and oxygen atoms in total. The van der Waals surface area contributed by atoms with Crippen molar-refractivity contribution >= 4 is 11.2 Å². The fourth-order valence-electron chi connectivity index (χ4n) is 1.59. The van der Waals surface area contributed by atoms with Gasteiger partial charge in [0.2, 0.25) is 5.88 Å². The number of fused-ring (bicyclic) bond motifs is 1. The molecule has 1 aromatic carbocycles. The van der Waals surface area contributed by atoms with E-state index in [1.807, 2.05) is 0 Å². The summed E-state index contributed by atoms with van der Waals surface area (Å²) in [6.45, 7) is 0.360. The Labute approximate surface area is 102 Å². The minimum atomic E-state index is 0.232. The summed E-state index contributed by atoms with van der Waals surface area (Å²) < 4.78 is 5.59. The molecule has 0 bridgehead atoms. The second kappa shape index (κ2) is 4.33. The molecule has 2 heterocycles. The molecule has 0 fully saturated rings. The Bertz CT molecular complexity index is 663. The van der Waals surface area contributed by atoms with Gasteiger partial charge in [-0.15, -0.1) is 0 Å². The minimum Gasteiger partial charge on any atom is -0.508 e. The van der Waals surface area contributed by atoms with Crippen LogP contribution in [0.25, 0.3) is 11.2 Å². The number of H-pyrrole nitrogens is 1. The van der Waals surface area contributed by atoms with Crippen molar-refractivity contribution in [2.24, 2.45) is 0 Å². The molecule has 0 amide bonds. The number of aromatic nitrogens is 4. The molecule has 6 heteroatoms. The molecule has 0 saturated heterocycles. The maximum atomic E-state index is 9.18. The van der Waals surface area contributed by atoms with Gasteiger partial charge in [-0.3, -0.25) is 0 Å². The topological polar surface area (TPSA) is 83.9 Å². The molecule has 2 aromatic heterocycles. The van der Waals surface area contributed by atoms with Gasteiger partial charge in [0, 0.05) is 0 Å². The largest absolute Gasteiger partial charge is 0.508 e. The number of hydrogen-bond donors (Lipinski definition) is 2. The van der Waals surface area contributed by atoms with Gasteiger partial charge in [-0.25, -0.2) is 9.97 Å². The van der Waals surface area contributed by atoms with Crippen molar-refractivity contribution in [3.63, 3.8) is 0 Å². The van der Waals surface area contributed by atoms with E-state index in [0.717, 1.165) is 5.56 Å². The summed E-state index contributed by atoms with van der Waals surface area (Å²) in [6.07, 6.45) is 2.97. The van der Waals surface area contributed by atoms with Gasteiger partial charge in [0.1, 0.15) is 18.7 Å². The van der Waals surface area contributed by atoms with Crippen molar-refractivity contribution < 1.29 is 9.84 Å². The smallest absolute Gasteiger partial charge is 0.245 e. The van der Waals surface area contributed by atoms with Crippen LogP contribution < -0.4 is 4.74 Å². The highest BCUT2D eigenvalue weighted by atomic mass is 16.5. The number of phenolic OH excluding ortho intramolecular Hbond substituents is 1. The normalized spacial score (nSPS) is 10.7. The van der Waals surface area contributed by atoms with Crippen LogP contribution in [-0.4, -0.2) is 25.0 Å². The van der Waals surface area contributed by atoms with Gasteiger partial charge < -0.3 is 14.8 Å². The van der Waals surface area contributed by atoms with E-state index in [-0.39, 0.29) is 5.75 Å². The standard InChI is InChI=1S/C12H10N4O2/c17-9-3-1-8(2-4-9)5-18-12-10-11(14-6-13-10)15-7-16-12/h1-4,6-7,17H,5H2,(H,13,14,15,16). The predicted molar refractivity (Wildman–Crippen MR) is 64.1 cm³/mol. The summed E-state index contributed by atoms with van der Waals surface area (Å²) in [7, 11) is 0. The molecule has 0 unspecified atom stereocenters. The van der Waals surface area contributed by atoms with E-state index < -0.39 is 0 Å². The van der Waals surface area contributed by atoms with Crippen LogP contribution in [-0.2, 0) is 6.61 Å². The van der Waals surface area contributed by atoms with Crippen molar-refractivity contribution in [3.05, 3.63) is 42.5 Å². The van der Waals surface area contributed by atoms with E-state index >= 15 is 0 Å². The Kier molecular flexibility index (Phi) is 2.53. The average Bonchev–Trinajstić information content (AvgIpc) is 2.87. The number of ether oxygens (including phenoxy) is 1. The average molecular weight is 242 g/mol. The SMILES string of the molecule is Oc1ccc(COc2ncnc3[nH]cnc23)cc1. The number of nitrogens with zero attached hydrogens (tertiary/aromatic N) is 3. The Balaban J connectivity index is 1.80. The number of aromatic amines is 1. The first-order valence-corrected chi connectivity index (χ1v) is 5.38. The molecule has 0 atom stereocenters. The quantitative estimate of drug-likeness (QED) is 0.729. The molecule has 0 aliphatic rings. The highest BCUT2D eigenvalue weighted by Gasteiger charge is 2.07. The molecule has 0 saturated carbocycles. The van der Waals surface area contributed by atoms with E-state index in [9.17, 15) is 5.11 Å². The van der Waals surface area contributed by atoms with Crippen molar-refractivity contribution in [2.75, 3.05) is 0 Å². The molecule has 3 rings (SSSR count). The summed E-state index contributed by atoms with van der Waals surface area (Å²) in [5, 5.41) is 9.18. The third-order valence-corrected chi connectivity index (χ3v) is 2.50. The summed E-state index contributed by atoms with van der Waals surface area (Å²) in [5.41, 5.74) is 2.19. The van der Waals surface area contributed by atoms with Crippen LogP contribution in [0.2, 0.25) is 0 Å². The molecular weight excluding hydrogens is 232 g/mol. The first-order valence-electron chi connectivity index (χ1n) is 5.38. The maximum Gasteiger partial charge on any atom is 0.245 e. The molecule has 18 heavy (non-hydrogen) atoms. The number of nitrogens with one attached hydrogen (secondary N) is 1. The number of hydrogen-bond acceptors (Lipinski definition) is 5. The van der Waals surface area contributed by atoms with Gasteiger partial charge >= 0.3 is 0 Å². The van der Waals surface area contributed by atoms with Crippen molar-refractivity contribution in [1.82, 2.24) is 19.9 Å². The third-order valence-electron chi connectivity index (χ3n) is 2.50. The lowest BCUT2D eigenvalue weighted by atomic mass is 10.2. The molecular formula is C12H10N4O2. The summed E-state index contributed by atoms with van der Waals surface area (Å²) in [6, 6.07) is 6.81. The number of rotatable bonds is 3. The lowest BCUT2D eigenvalue weighted by Gasteiger charge is -2.05. The number of imidazole rings is 1. The zero-order chi connectivity index (χ0) is 12.4. The number of benzene rings is 1. The molecule has 3 aromatic rings. The Hall–Kier alpha value is -2.63. The number of aromatic hydroxyl groups is 1. The fourth-order valence-corrected chi connectivity index (χ4v) is 1.59. The van der Waals surface area contributed by atoms with Crippen LogP contribution in [0.1, 0.15) is 5.56 Å². The highest BCUT2D eigenvalue weighted by molar-refractivity contribution is 5.74. The van der Waals surface area contributed by atoms with Gasteiger partial charge in [0.15, 0.2) is 11.2 Å². The van der Waals surface area contributed by atoms with Crippen LogP contribution in [0.3, 0.4) is 0 Å². The second-order valence-corrected chi connectivity index (χ2v) is 3.73. The van der Waals surface area contributed by atoms with Gasteiger partial charge in [-0.2, -0.15) is 4.98 Å². The maximum absolute atomic E-state index is 9.18. The van der Waals surface area contributed by atoms with Crippen LogP contribution in [0.4, 0.5) is 0 Å². The van der Waals surface area contributed by atoms with Gasteiger partial charge in [0.05, 0.1) is 6.33 Å². The third kappa shape index (κ3) is 1.95. The summed E-state index contributed by atoms with van der Waals surface area (Å²) in [4.78, 5) is 15.1. The van der Waals surface area contributed by atoms with Crippen molar-refractivity contribution in [1.29, 1.82) is 0 Å². The predicted octanol–water partition coefficient (Wildman–Crippen LogP) is 1.64. The Morgan fingerprint density at radius 3 is 2.78 bits per heavy atom. The number of phenols is 1. The van der Waals surface area contributed by atoms with Crippen LogP contribution in [0.15, 0.2) is 36.9 Å². The lowest BCUT2D eigenvalue weighted by molar-refractivity contribution is 0.297. The first-order chi connectivity index (χ1) is 8.83. The molecule has 90 valence electrons. The molecule has 0 spiro atoms. The zero-order valence-corrected chi connectivity index (χ0v) is 9.37. The molecule has 2 N–H and O–H groups in total. The van der Waals surface area contributed by atoms with E-state index in [1.54, 1.807) is 30.6 Å². The Morgan fingerprint density at radius 1 is 1.11 bits per heavy atom. The molecule has 0 radical (unpaired) electrons. The van der Waals surface area contributed by atoms with Crippen LogP contribution >= 0.6 is 0 Å². The minimum absolute atomic E-state index is 0.232. The van der Waals surface area contributed by atoms with E-state index in [4.69, 9.17) is 4.74 Å². The zero-order valence-electron chi connectivity index (χ0n) is 9.37. The molecule has 0 aliphatic carbocycles. The second-order valence-electron chi connectivity index (χ2n) is 3.73. The van der Waals surface area contributed by atoms with Gasteiger partial charge in [-0.1, -0.05) is 12.1 Å². The monoisotopic (exact) mass is 242 g/mol. The van der Waals surface area contributed by atoms with Gasteiger partial charge in [0.25, 0.3) is 0 Å². The summed E-state index contributed by atoms with van der Waals surface area (Å²) >= 11 is 0. The molecule has 0 aliphatic heterocycles. The first kappa shape index (κ1) is 10.5. The highest BCUT2D eigenvalue weighted by Crippen LogP contribution is 2.18. The Morgan fingerprint density at radius 2 is 1.94 bits per heavy atom. The van der Waals surface area contributed by atoms with E-state index in [0.29, 0.717) is 23.7 Å². The van der Waals surface area contributed by atoms with Crippen LogP contribution in [0.5, 0.6) is 11.6 Å².